The first-order valence-electron chi connectivity index (χ1n) is 7.51. The minimum Gasteiger partial charge on any atom is -0.406 e. The molecule has 1 aliphatic carbocycles. The van der Waals surface area contributed by atoms with Gasteiger partial charge in [0.05, 0.1) is 12.5 Å². The SMILES string of the molecule is CC(NC(=O)CC(=O)C1CC(F)(F)C1)c1cccc(OC(F)(F)F)c1. The van der Waals surface area contributed by atoms with Gasteiger partial charge in [-0.15, -0.1) is 13.2 Å². The number of ketones is 1. The quantitative estimate of drug-likeness (QED) is 0.617. The third-order valence-corrected chi connectivity index (χ3v) is 3.85. The number of alkyl halides is 5. The van der Waals surface area contributed by atoms with Gasteiger partial charge in [0.1, 0.15) is 11.5 Å². The molecule has 2 rings (SSSR count). The van der Waals surface area contributed by atoms with Crippen LogP contribution in [0.1, 0.15) is 37.8 Å². The van der Waals surface area contributed by atoms with Gasteiger partial charge < -0.3 is 10.1 Å². The molecule has 25 heavy (non-hydrogen) atoms. The first kappa shape index (κ1) is 19.1. The summed E-state index contributed by atoms with van der Waals surface area (Å²) < 4.78 is 65.9. The van der Waals surface area contributed by atoms with Crippen LogP contribution >= 0.6 is 0 Å². The average Bonchev–Trinajstić information content (AvgIpc) is 2.42. The highest BCUT2D eigenvalue weighted by atomic mass is 19.4. The van der Waals surface area contributed by atoms with Crippen molar-refractivity contribution >= 4 is 11.7 Å². The molecule has 0 spiro atoms. The zero-order valence-electron chi connectivity index (χ0n) is 13.2. The Balaban J connectivity index is 1.88. The maximum absolute atomic E-state index is 12.7. The Bertz CT molecular complexity index is 651. The summed E-state index contributed by atoms with van der Waals surface area (Å²) in [5.74, 6) is -5.33. The molecule has 1 unspecified atom stereocenters. The predicted octanol–water partition coefficient (Wildman–Crippen LogP) is 3.77. The lowest BCUT2D eigenvalue weighted by Crippen LogP contribution is -2.41. The highest BCUT2D eigenvalue weighted by Gasteiger charge is 2.48. The van der Waals surface area contributed by atoms with Gasteiger partial charge in [-0.1, -0.05) is 12.1 Å². The van der Waals surface area contributed by atoms with E-state index < -0.39 is 60.9 Å². The molecule has 0 heterocycles. The number of carbonyl (C=O) groups excluding carboxylic acids is 2. The van der Waals surface area contributed by atoms with Crippen molar-refractivity contribution in [3.63, 3.8) is 0 Å². The maximum atomic E-state index is 12.7. The number of Topliss-reactive ketones (excluding diaryl/α,β-unsaturated/α-hetero) is 1. The minimum atomic E-state index is -4.83. The van der Waals surface area contributed by atoms with E-state index in [1.807, 2.05) is 0 Å². The van der Waals surface area contributed by atoms with E-state index in [9.17, 15) is 31.5 Å². The van der Waals surface area contributed by atoms with Gasteiger partial charge in [0.2, 0.25) is 11.8 Å². The number of benzene rings is 1. The van der Waals surface area contributed by atoms with Crippen molar-refractivity contribution in [2.75, 3.05) is 0 Å². The van der Waals surface area contributed by atoms with E-state index in [-0.39, 0.29) is 0 Å². The molecular formula is C16H16F5NO3. The molecule has 0 radical (unpaired) electrons. The molecule has 1 amide bonds. The predicted molar refractivity (Wildman–Crippen MR) is 77.0 cm³/mol. The molecule has 1 aromatic carbocycles. The van der Waals surface area contributed by atoms with Crippen molar-refractivity contribution in [3.05, 3.63) is 29.8 Å². The summed E-state index contributed by atoms with van der Waals surface area (Å²) in [5, 5.41) is 2.46. The first-order valence-corrected chi connectivity index (χ1v) is 7.51. The lowest BCUT2D eigenvalue weighted by atomic mass is 9.77. The van der Waals surface area contributed by atoms with E-state index in [0.29, 0.717) is 5.56 Å². The molecule has 138 valence electrons. The fourth-order valence-corrected chi connectivity index (χ4v) is 2.55. The molecule has 0 saturated heterocycles. The third kappa shape index (κ3) is 5.68. The van der Waals surface area contributed by atoms with Crippen LogP contribution in [-0.4, -0.2) is 24.0 Å². The summed E-state index contributed by atoms with van der Waals surface area (Å²) >= 11 is 0. The van der Waals surface area contributed by atoms with Gasteiger partial charge in [-0.05, 0) is 24.6 Å². The highest BCUT2D eigenvalue weighted by molar-refractivity contribution is 5.99. The van der Waals surface area contributed by atoms with Crippen LogP contribution in [0, 0.1) is 5.92 Å². The average molecular weight is 365 g/mol. The number of rotatable bonds is 6. The van der Waals surface area contributed by atoms with E-state index in [1.165, 1.54) is 19.1 Å². The number of hydrogen-bond donors (Lipinski definition) is 1. The number of carbonyl (C=O) groups is 2. The third-order valence-electron chi connectivity index (χ3n) is 3.85. The number of ether oxygens (including phenoxy) is 1. The topological polar surface area (TPSA) is 55.4 Å². The second-order valence-corrected chi connectivity index (χ2v) is 6.01. The summed E-state index contributed by atoms with van der Waals surface area (Å²) in [5.41, 5.74) is 0.345. The Hall–Kier alpha value is -2.19. The Morgan fingerprint density at radius 2 is 1.96 bits per heavy atom. The maximum Gasteiger partial charge on any atom is 0.573 e. The zero-order valence-corrected chi connectivity index (χ0v) is 13.2. The fourth-order valence-electron chi connectivity index (χ4n) is 2.55. The van der Waals surface area contributed by atoms with Gasteiger partial charge in [0, 0.05) is 18.8 Å². The van der Waals surface area contributed by atoms with Crippen LogP contribution in [0.25, 0.3) is 0 Å². The van der Waals surface area contributed by atoms with Crippen LogP contribution in [0.4, 0.5) is 22.0 Å². The summed E-state index contributed by atoms with van der Waals surface area (Å²) in [7, 11) is 0. The van der Waals surface area contributed by atoms with Crippen LogP contribution in [0.2, 0.25) is 0 Å². The number of halogens is 5. The smallest absolute Gasteiger partial charge is 0.406 e. The highest BCUT2D eigenvalue weighted by Crippen LogP contribution is 2.43. The lowest BCUT2D eigenvalue weighted by Gasteiger charge is -2.33. The van der Waals surface area contributed by atoms with Crippen molar-refractivity contribution in [2.24, 2.45) is 5.92 Å². The van der Waals surface area contributed by atoms with Crippen molar-refractivity contribution in [2.45, 2.75) is 44.5 Å². The molecule has 4 nitrogen and oxygen atoms in total. The van der Waals surface area contributed by atoms with Gasteiger partial charge in [0.25, 0.3) is 0 Å². The molecule has 0 aromatic heterocycles. The van der Waals surface area contributed by atoms with Crippen molar-refractivity contribution in [1.29, 1.82) is 0 Å². The molecule has 0 bridgehead atoms. The van der Waals surface area contributed by atoms with Crippen molar-refractivity contribution in [1.82, 2.24) is 5.32 Å². The standard InChI is InChI=1S/C16H16F5NO3/c1-9(10-3-2-4-12(5-10)25-16(19,20)21)22-14(24)6-13(23)11-7-15(17,18)8-11/h2-5,9,11H,6-8H2,1H3,(H,22,24). The fraction of sp³-hybridized carbons (Fsp3) is 0.500. The summed E-state index contributed by atoms with van der Waals surface area (Å²) in [6.45, 7) is 1.52. The van der Waals surface area contributed by atoms with E-state index in [4.69, 9.17) is 0 Å². The van der Waals surface area contributed by atoms with Crippen LogP contribution in [-0.2, 0) is 9.59 Å². The Morgan fingerprint density at radius 1 is 1.32 bits per heavy atom. The molecule has 1 aliphatic rings. The Morgan fingerprint density at radius 3 is 2.52 bits per heavy atom. The van der Waals surface area contributed by atoms with Gasteiger partial charge in [0.15, 0.2) is 0 Å². The minimum absolute atomic E-state index is 0.345. The molecule has 0 aliphatic heterocycles. The molecule has 1 aromatic rings. The molecule has 1 atom stereocenters. The summed E-state index contributed by atoms with van der Waals surface area (Å²) in [4.78, 5) is 23.5. The van der Waals surface area contributed by atoms with Crippen molar-refractivity contribution in [3.8, 4) is 5.75 Å². The molecule has 9 heteroatoms. The molecule has 1 saturated carbocycles. The number of amides is 1. The second-order valence-electron chi connectivity index (χ2n) is 6.01. The normalized spacial score (nSPS) is 18.2. The zero-order chi connectivity index (χ0) is 18.8. The second kappa shape index (κ2) is 6.97. The molecule has 1 N–H and O–H groups in total. The first-order chi connectivity index (χ1) is 11.5. The largest absolute Gasteiger partial charge is 0.573 e. The van der Waals surface area contributed by atoms with Crippen LogP contribution in [0.3, 0.4) is 0 Å². The summed E-state index contributed by atoms with van der Waals surface area (Å²) in [6, 6.07) is 4.38. The van der Waals surface area contributed by atoms with Crippen LogP contribution < -0.4 is 10.1 Å². The van der Waals surface area contributed by atoms with E-state index in [0.717, 1.165) is 12.1 Å². The van der Waals surface area contributed by atoms with Crippen LogP contribution in [0.15, 0.2) is 24.3 Å². The Labute approximate surface area is 140 Å². The van der Waals surface area contributed by atoms with Crippen molar-refractivity contribution < 1.29 is 36.3 Å². The van der Waals surface area contributed by atoms with Gasteiger partial charge >= 0.3 is 6.36 Å². The summed E-state index contributed by atoms with van der Waals surface area (Å²) in [6.07, 6.45) is -6.47. The van der Waals surface area contributed by atoms with Gasteiger partial charge in [-0.2, -0.15) is 0 Å². The lowest BCUT2D eigenvalue weighted by molar-refractivity contribution is -0.274. The van der Waals surface area contributed by atoms with Gasteiger partial charge in [-0.25, -0.2) is 8.78 Å². The van der Waals surface area contributed by atoms with E-state index in [2.05, 4.69) is 10.1 Å². The van der Waals surface area contributed by atoms with Crippen LogP contribution in [0.5, 0.6) is 5.75 Å². The molecular weight excluding hydrogens is 349 g/mol. The monoisotopic (exact) mass is 365 g/mol. The molecule has 1 fully saturated rings. The Kier molecular flexibility index (Phi) is 5.34. The van der Waals surface area contributed by atoms with E-state index >= 15 is 0 Å². The van der Waals surface area contributed by atoms with Gasteiger partial charge in [-0.3, -0.25) is 9.59 Å². The number of nitrogens with one attached hydrogen (secondary N) is 1. The van der Waals surface area contributed by atoms with E-state index in [1.54, 1.807) is 0 Å². The number of hydrogen-bond acceptors (Lipinski definition) is 3.